The smallest absolute Gasteiger partial charge is 0.231 e. The van der Waals surface area contributed by atoms with E-state index in [1.165, 1.54) is 0 Å². The molecule has 1 aliphatic rings. The largest absolute Gasteiger partial charge is 0.454 e. The van der Waals surface area contributed by atoms with E-state index in [1.54, 1.807) is 0 Å². The quantitative estimate of drug-likeness (QED) is 0.636. The standard InChI is InChI=1S/C8H9NO2.C2H6O2/c9-4-6-1-2-7-8(3-6)11-5-10-7;3-1-2-4/h1-3H,4-5,9H2;3-4H,1-2H2. The van der Waals surface area contributed by atoms with Gasteiger partial charge in [-0.3, -0.25) is 0 Å². The molecule has 5 nitrogen and oxygen atoms in total. The van der Waals surface area contributed by atoms with E-state index in [9.17, 15) is 0 Å². The second kappa shape index (κ2) is 6.23. The topological polar surface area (TPSA) is 84.9 Å². The van der Waals surface area contributed by atoms with Crippen LogP contribution in [0.15, 0.2) is 18.2 Å². The third-order valence-electron chi connectivity index (χ3n) is 1.77. The van der Waals surface area contributed by atoms with Gasteiger partial charge in [-0.15, -0.1) is 0 Å². The van der Waals surface area contributed by atoms with Crippen LogP contribution in [0, 0.1) is 0 Å². The molecule has 0 aromatic heterocycles. The van der Waals surface area contributed by atoms with Crippen LogP contribution in [-0.2, 0) is 6.54 Å². The van der Waals surface area contributed by atoms with E-state index in [0.29, 0.717) is 13.3 Å². The Bertz CT molecular complexity index is 301. The number of rotatable bonds is 2. The molecule has 84 valence electrons. The predicted octanol–water partition coefficient (Wildman–Crippen LogP) is -0.155. The van der Waals surface area contributed by atoms with Gasteiger partial charge in [0.1, 0.15) is 0 Å². The molecule has 1 aliphatic heterocycles. The molecule has 0 fully saturated rings. The van der Waals surface area contributed by atoms with Crippen LogP contribution in [-0.4, -0.2) is 30.2 Å². The fourth-order valence-electron chi connectivity index (χ4n) is 1.07. The van der Waals surface area contributed by atoms with Crippen LogP contribution >= 0.6 is 0 Å². The van der Waals surface area contributed by atoms with Crippen LogP contribution < -0.4 is 15.2 Å². The maximum Gasteiger partial charge on any atom is 0.231 e. The zero-order valence-electron chi connectivity index (χ0n) is 8.35. The number of hydrogen-bond donors (Lipinski definition) is 3. The summed E-state index contributed by atoms with van der Waals surface area (Å²) >= 11 is 0. The highest BCUT2D eigenvalue weighted by Crippen LogP contribution is 2.32. The number of ether oxygens (including phenoxy) is 2. The molecule has 4 N–H and O–H groups in total. The number of aliphatic hydroxyl groups is 2. The molecule has 1 aromatic carbocycles. The number of aliphatic hydroxyl groups excluding tert-OH is 2. The lowest BCUT2D eigenvalue weighted by atomic mass is 10.2. The van der Waals surface area contributed by atoms with Gasteiger partial charge in [0.05, 0.1) is 13.2 Å². The zero-order valence-corrected chi connectivity index (χ0v) is 8.35. The first-order chi connectivity index (χ1) is 7.31. The maximum atomic E-state index is 7.62. The second-order valence-corrected chi connectivity index (χ2v) is 2.84. The Morgan fingerprint density at radius 3 is 2.40 bits per heavy atom. The summed E-state index contributed by atoms with van der Waals surface area (Å²) in [6.07, 6.45) is 0. The lowest BCUT2D eigenvalue weighted by molar-refractivity contribution is 0.174. The van der Waals surface area contributed by atoms with Gasteiger partial charge < -0.3 is 25.4 Å². The molecule has 1 aromatic rings. The average molecular weight is 213 g/mol. The fraction of sp³-hybridized carbons (Fsp3) is 0.400. The molecule has 0 saturated carbocycles. The van der Waals surface area contributed by atoms with Crippen molar-refractivity contribution in [3.63, 3.8) is 0 Å². The van der Waals surface area contributed by atoms with Crippen LogP contribution in [0.3, 0.4) is 0 Å². The van der Waals surface area contributed by atoms with Crippen molar-refractivity contribution in [2.24, 2.45) is 5.73 Å². The molecule has 0 bridgehead atoms. The maximum absolute atomic E-state index is 7.62. The highest BCUT2D eigenvalue weighted by atomic mass is 16.7. The van der Waals surface area contributed by atoms with E-state index in [0.717, 1.165) is 17.1 Å². The highest BCUT2D eigenvalue weighted by Gasteiger charge is 2.11. The summed E-state index contributed by atoms with van der Waals surface area (Å²) < 4.78 is 10.3. The molecular formula is C10H15NO4. The normalized spacial score (nSPS) is 11.9. The van der Waals surface area contributed by atoms with Gasteiger partial charge in [-0.1, -0.05) is 6.07 Å². The van der Waals surface area contributed by atoms with E-state index < -0.39 is 0 Å². The molecule has 0 aliphatic carbocycles. The van der Waals surface area contributed by atoms with E-state index in [-0.39, 0.29) is 13.2 Å². The van der Waals surface area contributed by atoms with Crippen molar-refractivity contribution in [1.82, 2.24) is 0 Å². The van der Waals surface area contributed by atoms with Crippen molar-refractivity contribution in [3.05, 3.63) is 23.8 Å². The first-order valence-electron chi connectivity index (χ1n) is 4.62. The Hall–Kier alpha value is -1.30. The van der Waals surface area contributed by atoms with Crippen molar-refractivity contribution in [2.75, 3.05) is 20.0 Å². The minimum atomic E-state index is -0.125. The molecule has 0 amide bonds. The van der Waals surface area contributed by atoms with Crippen molar-refractivity contribution in [2.45, 2.75) is 6.54 Å². The molecule has 2 rings (SSSR count). The Kier molecular flexibility index (Phi) is 4.89. The van der Waals surface area contributed by atoms with Gasteiger partial charge in [0.25, 0.3) is 0 Å². The van der Waals surface area contributed by atoms with Crippen molar-refractivity contribution in [1.29, 1.82) is 0 Å². The van der Waals surface area contributed by atoms with Gasteiger partial charge in [-0.05, 0) is 17.7 Å². The highest BCUT2D eigenvalue weighted by molar-refractivity contribution is 5.44. The molecule has 0 atom stereocenters. The number of hydrogen-bond acceptors (Lipinski definition) is 5. The minimum Gasteiger partial charge on any atom is -0.454 e. The Labute approximate surface area is 88.0 Å². The zero-order chi connectivity index (χ0) is 11.1. The first kappa shape index (κ1) is 11.8. The van der Waals surface area contributed by atoms with E-state index in [2.05, 4.69) is 0 Å². The average Bonchev–Trinajstić information content (AvgIpc) is 2.76. The molecule has 0 spiro atoms. The molecule has 5 heteroatoms. The third-order valence-corrected chi connectivity index (χ3v) is 1.77. The fourth-order valence-corrected chi connectivity index (χ4v) is 1.07. The molecule has 15 heavy (non-hydrogen) atoms. The van der Waals surface area contributed by atoms with Gasteiger partial charge in [0.2, 0.25) is 6.79 Å². The van der Waals surface area contributed by atoms with Crippen LogP contribution in [0.1, 0.15) is 5.56 Å². The summed E-state index contributed by atoms with van der Waals surface area (Å²) in [5.41, 5.74) is 6.51. The summed E-state index contributed by atoms with van der Waals surface area (Å²) in [5.74, 6) is 1.61. The number of nitrogens with two attached hydrogens (primary N) is 1. The minimum absolute atomic E-state index is 0.125. The lowest BCUT2D eigenvalue weighted by Crippen LogP contribution is -1.95. The van der Waals surface area contributed by atoms with Crippen molar-refractivity contribution >= 4 is 0 Å². The Balaban J connectivity index is 0.000000245. The van der Waals surface area contributed by atoms with Crippen LogP contribution in [0.2, 0.25) is 0 Å². The SMILES string of the molecule is NCc1ccc2c(c1)OCO2.OCCO. The molecule has 0 radical (unpaired) electrons. The molecule has 0 saturated heterocycles. The van der Waals surface area contributed by atoms with Crippen LogP contribution in [0.5, 0.6) is 11.5 Å². The molecule has 0 unspecified atom stereocenters. The first-order valence-corrected chi connectivity index (χ1v) is 4.62. The molecule has 1 heterocycles. The monoisotopic (exact) mass is 213 g/mol. The summed E-state index contributed by atoms with van der Waals surface area (Å²) in [7, 11) is 0. The number of fused-ring (bicyclic) bond motifs is 1. The van der Waals surface area contributed by atoms with Gasteiger partial charge in [0.15, 0.2) is 11.5 Å². The van der Waals surface area contributed by atoms with Crippen LogP contribution in [0.4, 0.5) is 0 Å². The Morgan fingerprint density at radius 2 is 1.80 bits per heavy atom. The molecular weight excluding hydrogens is 198 g/mol. The van der Waals surface area contributed by atoms with E-state index in [1.807, 2.05) is 18.2 Å². The van der Waals surface area contributed by atoms with Gasteiger partial charge in [-0.25, -0.2) is 0 Å². The summed E-state index contributed by atoms with van der Waals surface area (Å²) in [4.78, 5) is 0. The third kappa shape index (κ3) is 3.39. The predicted molar refractivity (Wildman–Crippen MR) is 54.6 cm³/mol. The second-order valence-electron chi connectivity index (χ2n) is 2.84. The summed E-state index contributed by atoms with van der Waals surface area (Å²) in [6.45, 7) is 0.611. The van der Waals surface area contributed by atoms with E-state index in [4.69, 9.17) is 25.4 Å². The van der Waals surface area contributed by atoms with Crippen LogP contribution in [0.25, 0.3) is 0 Å². The Morgan fingerprint density at radius 1 is 1.13 bits per heavy atom. The van der Waals surface area contributed by atoms with Gasteiger partial charge >= 0.3 is 0 Å². The van der Waals surface area contributed by atoms with Crippen molar-refractivity contribution < 1.29 is 19.7 Å². The van der Waals surface area contributed by atoms with Gasteiger partial charge in [-0.2, -0.15) is 0 Å². The van der Waals surface area contributed by atoms with E-state index >= 15 is 0 Å². The number of benzene rings is 1. The lowest BCUT2D eigenvalue weighted by Gasteiger charge is -1.97. The summed E-state index contributed by atoms with van der Waals surface area (Å²) in [6, 6.07) is 5.72. The van der Waals surface area contributed by atoms with Gasteiger partial charge in [0, 0.05) is 6.54 Å². The summed E-state index contributed by atoms with van der Waals surface area (Å²) in [5, 5.41) is 15.2. The van der Waals surface area contributed by atoms with Crippen molar-refractivity contribution in [3.8, 4) is 11.5 Å².